The maximum absolute atomic E-state index is 12.0. The maximum Gasteiger partial charge on any atom is 0.222 e. The Morgan fingerprint density at radius 2 is 2.35 bits per heavy atom. The Morgan fingerprint density at radius 1 is 1.59 bits per heavy atom. The van der Waals surface area contributed by atoms with E-state index in [0.29, 0.717) is 18.9 Å². The van der Waals surface area contributed by atoms with E-state index in [2.05, 4.69) is 6.92 Å². The average molecular weight is 242 g/mol. The van der Waals surface area contributed by atoms with Crippen LogP contribution in [0.1, 0.15) is 39.5 Å². The molecule has 2 N–H and O–H groups in total. The van der Waals surface area contributed by atoms with Crippen LogP contribution in [0, 0.1) is 5.92 Å². The lowest BCUT2D eigenvalue weighted by Crippen LogP contribution is -2.37. The number of hydrogen-bond donors (Lipinski definition) is 1. The summed E-state index contributed by atoms with van der Waals surface area (Å²) in [4.78, 5) is 13.9. The number of carbonyl (C=O) groups is 1. The fraction of sp³-hybridized carbons (Fsp3) is 0.923. The molecule has 2 atom stereocenters. The van der Waals surface area contributed by atoms with E-state index < -0.39 is 0 Å². The predicted molar refractivity (Wildman–Crippen MR) is 68.7 cm³/mol. The Hall–Kier alpha value is -0.610. The zero-order valence-electron chi connectivity index (χ0n) is 11.2. The topological polar surface area (TPSA) is 55.6 Å². The molecule has 0 aromatic rings. The summed E-state index contributed by atoms with van der Waals surface area (Å²) in [7, 11) is 0. The standard InChI is InChI=1S/C13H26N2O2/c1-3-15(10-12-5-4-8-17-12)13(16)7-6-11(2)9-14/h11-12H,3-10,14H2,1-2H3. The van der Waals surface area contributed by atoms with Crippen molar-refractivity contribution in [3.63, 3.8) is 0 Å². The van der Waals surface area contributed by atoms with Gasteiger partial charge in [0, 0.05) is 26.1 Å². The molecule has 1 aliphatic rings. The minimum Gasteiger partial charge on any atom is -0.376 e. The molecule has 100 valence electrons. The summed E-state index contributed by atoms with van der Waals surface area (Å²) in [6.07, 6.45) is 3.96. The second-order valence-electron chi connectivity index (χ2n) is 4.95. The zero-order chi connectivity index (χ0) is 12.7. The lowest BCUT2D eigenvalue weighted by molar-refractivity contribution is -0.132. The van der Waals surface area contributed by atoms with Crippen molar-refractivity contribution in [2.45, 2.75) is 45.6 Å². The van der Waals surface area contributed by atoms with Crippen molar-refractivity contribution in [3.05, 3.63) is 0 Å². The number of ether oxygens (including phenoxy) is 1. The molecule has 0 saturated carbocycles. The monoisotopic (exact) mass is 242 g/mol. The molecule has 0 bridgehead atoms. The lowest BCUT2D eigenvalue weighted by atomic mass is 10.1. The van der Waals surface area contributed by atoms with E-state index in [9.17, 15) is 4.79 Å². The molecule has 1 aliphatic heterocycles. The van der Waals surface area contributed by atoms with Crippen LogP contribution in [-0.4, -0.2) is 43.2 Å². The van der Waals surface area contributed by atoms with Crippen LogP contribution in [0.5, 0.6) is 0 Å². The average Bonchev–Trinajstić information content (AvgIpc) is 2.85. The Morgan fingerprint density at radius 3 is 2.88 bits per heavy atom. The molecule has 0 spiro atoms. The summed E-state index contributed by atoms with van der Waals surface area (Å²) in [6, 6.07) is 0. The minimum absolute atomic E-state index is 0.239. The zero-order valence-corrected chi connectivity index (χ0v) is 11.2. The van der Waals surface area contributed by atoms with Crippen molar-refractivity contribution in [2.24, 2.45) is 11.7 Å². The third-order valence-corrected chi connectivity index (χ3v) is 3.44. The third kappa shape index (κ3) is 5.04. The van der Waals surface area contributed by atoms with Crippen LogP contribution < -0.4 is 5.73 Å². The quantitative estimate of drug-likeness (QED) is 0.734. The summed E-state index contributed by atoms with van der Waals surface area (Å²) in [5, 5.41) is 0. The Kier molecular flexibility index (Phi) is 6.52. The molecule has 1 saturated heterocycles. The van der Waals surface area contributed by atoms with Gasteiger partial charge in [0.2, 0.25) is 5.91 Å². The number of hydrogen-bond acceptors (Lipinski definition) is 3. The minimum atomic E-state index is 0.239. The fourth-order valence-electron chi connectivity index (χ4n) is 2.09. The molecule has 17 heavy (non-hydrogen) atoms. The second-order valence-corrected chi connectivity index (χ2v) is 4.95. The van der Waals surface area contributed by atoms with Crippen LogP contribution in [0.25, 0.3) is 0 Å². The maximum atomic E-state index is 12.0. The third-order valence-electron chi connectivity index (χ3n) is 3.44. The molecule has 4 nitrogen and oxygen atoms in total. The SMILES string of the molecule is CCN(CC1CCCO1)C(=O)CCC(C)CN. The van der Waals surface area contributed by atoms with Crippen LogP contribution in [0.15, 0.2) is 0 Å². The molecule has 0 aromatic carbocycles. The highest BCUT2D eigenvalue weighted by atomic mass is 16.5. The van der Waals surface area contributed by atoms with Gasteiger partial charge in [-0.05, 0) is 38.6 Å². The molecule has 1 rings (SSSR count). The number of rotatable bonds is 7. The van der Waals surface area contributed by atoms with E-state index in [1.807, 2.05) is 11.8 Å². The summed E-state index contributed by atoms with van der Waals surface area (Å²) in [5.74, 6) is 0.670. The lowest BCUT2D eigenvalue weighted by Gasteiger charge is -2.24. The number of amides is 1. The summed E-state index contributed by atoms with van der Waals surface area (Å²) >= 11 is 0. The van der Waals surface area contributed by atoms with Gasteiger partial charge in [-0.3, -0.25) is 4.79 Å². The molecule has 1 heterocycles. The van der Waals surface area contributed by atoms with Gasteiger partial charge in [0.25, 0.3) is 0 Å². The molecule has 2 unspecified atom stereocenters. The molecule has 0 radical (unpaired) electrons. The van der Waals surface area contributed by atoms with Gasteiger partial charge >= 0.3 is 0 Å². The molecule has 0 aromatic heterocycles. The second kappa shape index (κ2) is 7.67. The van der Waals surface area contributed by atoms with Gasteiger partial charge in [-0.1, -0.05) is 6.92 Å². The molecule has 4 heteroatoms. The van der Waals surface area contributed by atoms with Gasteiger partial charge in [-0.25, -0.2) is 0 Å². The molecule has 0 aliphatic carbocycles. The van der Waals surface area contributed by atoms with Crippen molar-refractivity contribution in [1.29, 1.82) is 0 Å². The summed E-state index contributed by atoms with van der Waals surface area (Å²) in [6.45, 7) is 7.15. The smallest absolute Gasteiger partial charge is 0.222 e. The van der Waals surface area contributed by atoms with Crippen molar-refractivity contribution in [1.82, 2.24) is 4.90 Å². The van der Waals surface area contributed by atoms with Crippen LogP contribution in [0.2, 0.25) is 0 Å². The van der Waals surface area contributed by atoms with Crippen molar-refractivity contribution >= 4 is 5.91 Å². The normalized spacial score (nSPS) is 21.5. The highest BCUT2D eigenvalue weighted by Crippen LogP contribution is 2.14. The first-order valence-corrected chi connectivity index (χ1v) is 6.76. The first-order valence-electron chi connectivity index (χ1n) is 6.76. The van der Waals surface area contributed by atoms with E-state index in [4.69, 9.17) is 10.5 Å². The Bertz CT molecular complexity index is 227. The molecule has 1 amide bonds. The van der Waals surface area contributed by atoms with Gasteiger partial charge in [0.05, 0.1) is 6.10 Å². The van der Waals surface area contributed by atoms with Crippen molar-refractivity contribution < 1.29 is 9.53 Å². The van der Waals surface area contributed by atoms with Gasteiger partial charge in [-0.15, -0.1) is 0 Å². The summed E-state index contributed by atoms with van der Waals surface area (Å²) in [5.41, 5.74) is 5.55. The highest BCUT2D eigenvalue weighted by Gasteiger charge is 2.21. The Balaban J connectivity index is 2.29. The van der Waals surface area contributed by atoms with Gasteiger partial charge in [0.15, 0.2) is 0 Å². The largest absolute Gasteiger partial charge is 0.376 e. The van der Waals surface area contributed by atoms with E-state index >= 15 is 0 Å². The van der Waals surface area contributed by atoms with Crippen LogP contribution >= 0.6 is 0 Å². The van der Waals surface area contributed by atoms with Gasteiger partial charge in [-0.2, -0.15) is 0 Å². The predicted octanol–water partition coefficient (Wildman–Crippen LogP) is 1.39. The van der Waals surface area contributed by atoms with E-state index in [0.717, 1.165) is 39.0 Å². The number of nitrogens with two attached hydrogens (primary N) is 1. The van der Waals surface area contributed by atoms with Gasteiger partial charge < -0.3 is 15.4 Å². The van der Waals surface area contributed by atoms with Crippen LogP contribution in [0.4, 0.5) is 0 Å². The Labute approximate surface area is 104 Å². The first-order chi connectivity index (χ1) is 8.17. The number of likely N-dealkylation sites (N-methyl/N-ethyl adjacent to an activating group) is 1. The van der Waals surface area contributed by atoms with E-state index in [-0.39, 0.29) is 12.0 Å². The van der Waals surface area contributed by atoms with E-state index in [1.54, 1.807) is 0 Å². The first kappa shape index (κ1) is 14.5. The molecular formula is C13H26N2O2. The van der Waals surface area contributed by atoms with Crippen LogP contribution in [-0.2, 0) is 9.53 Å². The molecular weight excluding hydrogens is 216 g/mol. The fourth-order valence-corrected chi connectivity index (χ4v) is 2.09. The highest BCUT2D eigenvalue weighted by molar-refractivity contribution is 5.76. The van der Waals surface area contributed by atoms with Gasteiger partial charge in [0.1, 0.15) is 0 Å². The van der Waals surface area contributed by atoms with Crippen LogP contribution in [0.3, 0.4) is 0 Å². The van der Waals surface area contributed by atoms with Crippen molar-refractivity contribution in [2.75, 3.05) is 26.2 Å². The van der Waals surface area contributed by atoms with Crippen molar-refractivity contribution in [3.8, 4) is 0 Å². The number of carbonyl (C=O) groups excluding carboxylic acids is 1. The number of nitrogens with zero attached hydrogens (tertiary/aromatic N) is 1. The summed E-state index contributed by atoms with van der Waals surface area (Å²) < 4.78 is 5.57. The van der Waals surface area contributed by atoms with E-state index in [1.165, 1.54) is 0 Å². The molecule has 1 fully saturated rings.